The topological polar surface area (TPSA) is 82.2 Å². The first-order valence-electron chi connectivity index (χ1n) is 12.1. The first kappa shape index (κ1) is 25.7. The van der Waals surface area contributed by atoms with Crippen LogP contribution in [0.25, 0.3) is 0 Å². The minimum atomic E-state index is -0.615. The highest BCUT2D eigenvalue weighted by atomic mass is 32.1. The lowest BCUT2D eigenvalue weighted by molar-refractivity contribution is -0.139. The third-order valence-corrected chi connectivity index (χ3v) is 7.37. The summed E-state index contributed by atoms with van der Waals surface area (Å²) in [6.07, 6.45) is 1.65. The van der Waals surface area contributed by atoms with Gasteiger partial charge in [0.05, 0.1) is 23.1 Å². The number of piperazine rings is 1. The molecule has 36 heavy (non-hydrogen) atoms. The van der Waals surface area contributed by atoms with Crippen LogP contribution >= 0.6 is 11.3 Å². The molecule has 1 saturated heterocycles. The van der Waals surface area contributed by atoms with E-state index in [9.17, 15) is 14.4 Å². The van der Waals surface area contributed by atoms with Crippen molar-refractivity contribution in [1.29, 1.82) is 0 Å². The van der Waals surface area contributed by atoms with Gasteiger partial charge in [-0.1, -0.05) is 36.4 Å². The number of aryl methyl sites for hydroxylation is 1. The van der Waals surface area contributed by atoms with Gasteiger partial charge >= 0.3 is 12.0 Å². The summed E-state index contributed by atoms with van der Waals surface area (Å²) in [5.41, 5.74) is 2.88. The second-order valence-corrected chi connectivity index (χ2v) is 9.71. The summed E-state index contributed by atoms with van der Waals surface area (Å²) in [6, 6.07) is 10.5. The lowest BCUT2D eigenvalue weighted by Crippen LogP contribution is -2.53. The summed E-state index contributed by atoms with van der Waals surface area (Å²) >= 11 is 1.44. The van der Waals surface area contributed by atoms with Crippen molar-refractivity contribution >= 4 is 29.2 Å². The number of nitrogens with zero attached hydrogens (tertiary/aromatic N) is 3. The van der Waals surface area contributed by atoms with Gasteiger partial charge in [0.2, 0.25) is 0 Å². The number of benzene rings is 1. The van der Waals surface area contributed by atoms with Gasteiger partial charge in [0.15, 0.2) is 0 Å². The number of hydrogen-bond acceptors (Lipinski definition) is 6. The van der Waals surface area contributed by atoms with Gasteiger partial charge < -0.3 is 15.0 Å². The van der Waals surface area contributed by atoms with Crippen molar-refractivity contribution in [2.75, 3.05) is 45.9 Å². The quantitative estimate of drug-likeness (QED) is 0.435. The van der Waals surface area contributed by atoms with E-state index in [1.165, 1.54) is 11.3 Å². The number of esters is 1. The number of rotatable bonds is 8. The van der Waals surface area contributed by atoms with Gasteiger partial charge in [0, 0.05) is 45.0 Å². The number of thiophene rings is 1. The lowest BCUT2D eigenvalue weighted by Gasteiger charge is -2.40. The number of amides is 3. The Morgan fingerprint density at radius 3 is 2.56 bits per heavy atom. The number of carbonyl (C=O) groups excluding carboxylic acids is 3. The highest BCUT2D eigenvalue weighted by Crippen LogP contribution is 2.33. The van der Waals surface area contributed by atoms with Crippen molar-refractivity contribution < 1.29 is 19.1 Å². The van der Waals surface area contributed by atoms with E-state index < -0.39 is 12.0 Å². The number of carbonyl (C=O) groups is 3. The number of ether oxygens (including phenoxy) is 1. The van der Waals surface area contributed by atoms with Crippen LogP contribution in [0.2, 0.25) is 0 Å². The van der Waals surface area contributed by atoms with Crippen LogP contribution in [0, 0.1) is 6.92 Å². The lowest BCUT2D eigenvalue weighted by atomic mass is 9.91. The third kappa shape index (κ3) is 5.37. The molecule has 0 radical (unpaired) electrons. The monoisotopic (exact) mass is 508 g/mol. The second kappa shape index (κ2) is 11.5. The van der Waals surface area contributed by atoms with E-state index in [-0.39, 0.29) is 25.1 Å². The Bertz CT molecular complexity index is 1150. The standard InChI is InChI=1S/C27H32N4O4S/c1-4-12-31-21(18-29-13-15-30(16-14-29)25(32)22-11-8-17-36-22)23(26(33)35-5-2)24(28-27(31)34)20-10-7-6-9-19(20)3/h4,6-11,17,24H,1,5,12-16,18H2,2-3H3,(H,28,34). The molecule has 1 N–H and O–H groups in total. The molecular formula is C27H32N4O4S. The fourth-order valence-corrected chi connectivity index (χ4v) is 5.36. The summed E-state index contributed by atoms with van der Waals surface area (Å²) in [4.78, 5) is 45.7. The van der Waals surface area contributed by atoms with Crippen LogP contribution in [0.5, 0.6) is 0 Å². The molecule has 1 aromatic carbocycles. The molecule has 1 aromatic heterocycles. The molecule has 2 aromatic rings. The Hall–Kier alpha value is -3.43. The van der Waals surface area contributed by atoms with Crippen molar-refractivity contribution in [3.05, 3.63) is 81.7 Å². The smallest absolute Gasteiger partial charge is 0.338 e. The molecule has 1 fully saturated rings. The van der Waals surface area contributed by atoms with Crippen molar-refractivity contribution in [3.63, 3.8) is 0 Å². The zero-order chi connectivity index (χ0) is 25.7. The van der Waals surface area contributed by atoms with Crippen LogP contribution in [-0.4, -0.2) is 78.5 Å². The van der Waals surface area contributed by atoms with Crippen LogP contribution in [0.3, 0.4) is 0 Å². The van der Waals surface area contributed by atoms with Gasteiger partial charge in [-0.25, -0.2) is 9.59 Å². The molecule has 1 atom stereocenters. The molecule has 0 aliphatic carbocycles. The molecule has 3 amide bonds. The number of hydrogen-bond donors (Lipinski definition) is 1. The van der Waals surface area contributed by atoms with Crippen molar-refractivity contribution in [2.24, 2.45) is 0 Å². The third-order valence-electron chi connectivity index (χ3n) is 6.51. The van der Waals surface area contributed by atoms with E-state index in [1.54, 1.807) is 17.9 Å². The SMILES string of the molecule is C=CCN1C(=O)NC(c2ccccc2C)C(C(=O)OCC)=C1CN1CCN(C(=O)c2cccs2)CC1. The minimum absolute atomic E-state index is 0.0426. The molecule has 0 bridgehead atoms. The predicted octanol–water partition coefficient (Wildman–Crippen LogP) is 3.58. The average molecular weight is 509 g/mol. The molecule has 0 saturated carbocycles. The van der Waals surface area contributed by atoms with Gasteiger partial charge in [-0.15, -0.1) is 17.9 Å². The van der Waals surface area contributed by atoms with Gasteiger partial charge in [0.1, 0.15) is 0 Å². The van der Waals surface area contributed by atoms with Gasteiger partial charge in [-0.2, -0.15) is 0 Å². The Labute approximate surface area is 215 Å². The van der Waals surface area contributed by atoms with Crippen molar-refractivity contribution in [2.45, 2.75) is 19.9 Å². The zero-order valence-corrected chi connectivity index (χ0v) is 21.6. The maximum Gasteiger partial charge on any atom is 0.338 e. The summed E-state index contributed by atoms with van der Waals surface area (Å²) < 4.78 is 5.47. The highest BCUT2D eigenvalue weighted by Gasteiger charge is 2.39. The molecule has 2 aliphatic rings. The number of nitrogens with one attached hydrogen (secondary N) is 1. The molecule has 3 heterocycles. The maximum atomic E-state index is 13.3. The molecule has 190 valence electrons. The summed E-state index contributed by atoms with van der Waals surface area (Å²) in [5.74, 6) is -0.401. The average Bonchev–Trinajstić information content (AvgIpc) is 3.41. The Morgan fingerprint density at radius 1 is 1.17 bits per heavy atom. The van der Waals surface area contributed by atoms with Crippen LogP contribution in [-0.2, 0) is 9.53 Å². The van der Waals surface area contributed by atoms with Gasteiger partial charge in [0.25, 0.3) is 5.91 Å². The molecule has 8 nitrogen and oxygen atoms in total. The summed E-state index contributed by atoms with van der Waals surface area (Å²) in [6.45, 7) is 10.8. The predicted molar refractivity (Wildman–Crippen MR) is 140 cm³/mol. The van der Waals surface area contributed by atoms with Crippen molar-refractivity contribution in [3.8, 4) is 0 Å². The second-order valence-electron chi connectivity index (χ2n) is 8.76. The first-order valence-corrected chi connectivity index (χ1v) is 13.0. The largest absolute Gasteiger partial charge is 0.463 e. The van der Waals surface area contributed by atoms with Gasteiger partial charge in [-0.3, -0.25) is 14.6 Å². The van der Waals surface area contributed by atoms with Crippen molar-refractivity contribution in [1.82, 2.24) is 20.0 Å². The Balaban J connectivity index is 1.65. The molecule has 9 heteroatoms. The normalized spacial score (nSPS) is 18.7. The van der Waals surface area contributed by atoms with Crippen LogP contribution in [0.1, 0.15) is 33.8 Å². The van der Waals surface area contributed by atoms with Gasteiger partial charge in [-0.05, 0) is 36.4 Å². The van der Waals surface area contributed by atoms with E-state index in [0.717, 1.165) is 16.0 Å². The molecule has 1 unspecified atom stereocenters. The molecule has 2 aliphatic heterocycles. The minimum Gasteiger partial charge on any atom is -0.463 e. The maximum absolute atomic E-state index is 13.3. The first-order chi connectivity index (χ1) is 17.4. The van der Waals surface area contributed by atoms with Crippen LogP contribution in [0.4, 0.5) is 4.79 Å². The van der Waals surface area contributed by atoms with E-state index in [0.29, 0.717) is 44.0 Å². The summed E-state index contributed by atoms with van der Waals surface area (Å²) in [5, 5.41) is 4.92. The van der Waals surface area contributed by atoms with E-state index >= 15 is 0 Å². The molecule has 4 rings (SSSR count). The Kier molecular flexibility index (Phi) is 8.22. The van der Waals surface area contributed by atoms with Crippen LogP contribution < -0.4 is 5.32 Å². The number of urea groups is 1. The Morgan fingerprint density at radius 2 is 1.92 bits per heavy atom. The summed E-state index contributed by atoms with van der Waals surface area (Å²) in [7, 11) is 0. The highest BCUT2D eigenvalue weighted by molar-refractivity contribution is 7.12. The zero-order valence-electron chi connectivity index (χ0n) is 20.7. The van der Waals surface area contributed by atoms with E-state index in [4.69, 9.17) is 4.74 Å². The van der Waals surface area contributed by atoms with E-state index in [1.807, 2.05) is 53.6 Å². The van der Waals surface area contributed by atoms with E-state index in [2.05, 4.69) is 16.8 Å². The molecule has 0 spiro atoms. The van der Waals surface area contributed by atoms with Crippen LogP contribution in [0.15, 0.2) is 65.7 Å². The fourth-order valence-electron chi connectivity index (χ4n) is 4.67. The fraction of sp³-hybridized carbons (Fsp3) is 0.370. The molecular weight excluding hydrogens is 476 g/mol.